The molecule has 0 unspecified atom stereocenters. The second kappa shape index (κ2) is 6.53. The molecule has 1 N–H and O–H groups in total. The molecule has 0 heterocycles. The molecule has 2 nitrogen and oxygen atoms in total. The maximum Gasteiger partial charge on any atom is 0.172 e. The predicted octanol–water partition coefficient (Wildman–Crippen LogP) is 5.09. The molecule has 0 aromatic heterocycles. The summed E-state index contributed by atoms with van der Waals surface area (Å²) < 4.78 is 20.2. The van der Waals surface area contributed by atoms with Crippen LogP contribution in [0.25, 0.3) is 11.1 Å². The summed E-state index contributed by atoms with van der Waals surface area (Å²) >= 11 is 0. The molecular formula is C20H17FO2. The normalized spacial score (nSPS) is 10.5. The lowest BCUT2D eigenvalue weighted by Crippen LogP contribution is -1.99. The zero-order chi connectivity index (χ0) is 16.2. The van der Waals surface area contributed by atoms with Gasteiger partial charge in [0.15, 0.2) is 11.5 Å². The molecule has 3 heteroatoms. The van der Waals surface area contributed by atoms with Gasteiger partial charge in [-0.2, -0.15) is 0 Å². The van der Waals surface area contributed by atoms with Crippen molar-refractivity contribution in [1.82, 2.24) is 0 Å². The predicted molar refractivity (Wildman–Crippen MR) is 89.0 cm³/mol. The second-order valence-electron chi connectivity index (χ2n) is 5.36. The van der Waals surface area contributed by atoms with Crippen LogP contribution in [0.4, 0.5) is 4.39 Å². The number of hydrogen-bond donors (Lipinski definition) is 1. The quantitative estimate of drug-likeness (QED) is 0.728. The smallest absolute Gasteiger partial charge is 0.172 e. The van der Waals surface area contributed by atoms with E-state index in [1.807, 2.05) is 61.5 Å². The molecular weight excluding hydrogens is 291 g/mol. The Morgan fingerprint density at radius 2 is 1.61 bits per heavy atom. The number of phenolic OH excluding ortho intramolecular Hbond substituents is 1. The van der Waals surface area contributed by atoms with Gasteiger partial charge in [-0.25, -0.2) is 4.39 Å². The van der Waals surface area contributed by atoms with Crippen LogP contribution in [-0.4, -0.2) is 5.11 Å². The van der Waals surface area contributed by atoms with Crippen LogP contribution in [0.1, 0.15) is 11.1 Å². The Morgan fingerprint density at radius 3 is 2.35 bits per heavy atom. The fraction of sp³-hybridized carbons (Fsp3) is 0.100. The van der Waals surface area contributed by atoms with E-state index in [1.54, 1.807) is 0 Å². The highest BCUT2D eigenvalue weighted by molar-refractivity contribution is 5.76. The van der Waals surface area contributed by atoms with Gasteiger partial charge in [0.05, 0.1) is 5.56 Å². The van der Waals surface area contributed by atoms with E-state index in [-0.39, 0.29) is 18.1 Å². The molecule has 0 spiro atoms. The minimum absolute atomic E-state index is 0.0689. The van der Waals surface area contributed by atoms with Gasteiger partial charge < -0.3 is 9.84 Å². The van der Waals surface area contributed by atoms with E-state index in [4.69, 9.17) is 4.74 Å². The molecule has 0 saturated carbocycles. The zero-order valence-corrected chi connectivity index (χ0v) is 12.8. The van der Waals surface area contributed by atoms with Gasteiger partial charge in [0.25, 0.3) is 0 Å². The summed E-state index contributed by atoms with van der Waals surface area (Å²) in [4.78, 5) is 0. The van der Waals surface area contributed by atoms with Gasteiger partial charge in [0, 0.05) is 0 Å². The molecule has 3 aromatic carbocycles. The first-order valence-corrected chi connectivity index (χ1v) is 7.41. The van der Waals surface area contributed by atoms with Crippen molar-refractivity contribution in [2.45, 2.75) is 13.5 Å². The van der Waals surface area contributed by atoms with Crippen LogP contribution in [0.15, 0.2) is 66.7 Å². The molecule has 0 bridgehead atoms. The highest BCUT2D eigenvalue weighted by Gasteiger charge is 2.18. The first-order chi connectivity index (χ1) is 11.2. The van der Waals surface area contributed by atoms with Crippen LogP contribution < -0.4 is 4.74 Å². The van der Waals surface area contributed by atoms with E-state index < -0.39 is 5.82 Å². The van der Waals surface area contributed by atoms with Crippen LogP contribution in [0.2, 0.25) is 0 Å². The molecule has 0 aliphatic carbocycles. The van der Waals surface area contributed by atoms with Gasteiger partial charge in [-0.1, -0.05) is 54.6 Å². The number of aryl methyl sites for hydroxylation is 1. The minimum Gasteiger partial charge on any atom is -0.504 e. The highest BCUT2D eigenvalue weighted by Crippen LogP contribution is 2.41. The van der Waals surface area contributed by atoms with Crippen molar-refractivity contribution in [3.05, 3.63) is 83.7 Å². The highest BCUT2D eigenvalue weighted by atomic mass is 19.1. The number of aromatic hydroxyl groups is 1. The summed E-state index contributed by atoms with van der Waals surface area (Å²) in [6, 6.07) is 19.6. The van der Waals surface area contributed by atoms with Crippen molar-refractivity contribution in [3.8, 4) is 22.6 Å². The fourth-order valence-corrected chi connectivity index (χ4v) is 2.53. The number of phenols is 1. The Kier molecular flexibility index (Phi) is 4.29. The average molecular weight is 308 g/mol. The van der Waals surface area contributed by atoms with E-state index in [2.05, 4.69) is 0 Å². The third kappa shape index (κ3) is 3.19. The Bertz CT molecular complexity index is 813. The van der Waals surface area contributed by atoms with Gasteiger partial charge in [-0.15, -0.1) is 0 Å². The van der Waals surface area contributed by atoms with E-state index in [1.165, 1.54) is 12.1 Å². The van der Waals surface area contributed by atoms with Crippen molar-refractivity contribution >= 4 is 0 Å². The summed E-state index contributed by atoms with van der Waals surface area (Å²) in [5.74, 6) is -0.316. The minimum atomic E-state index is -0.417. The van der Waals surface area contributed by atoms with Crippen LogP contribution in [0.5, 0.6) is 11.5 Å². The lowest BCUT2D eigenvalue weighted by Gasteiger charge is -2.15. The Hall–Kier alpha value is -2.81. The number of ether oxygens (including phenoxy) is 1. The number of halogens is 1. The van der Waals surface area contributed by atoms with Crippen molar-refractivity contribution in [3.63, 3.8) is 0 Å². The van der Waals surface area contributed by atoms with Crippen LogP contribution in [-0.2, 0) is 6.61 Å². The topological polar surface area (TPSA) is 29.5 Å². The molecule has 0 amide bonds. The number of hydrogen-bond acceptors (Lipinski definition) is 2. The largest absolute Gasteiger partial charge is 0.504 e. The fourth-order valence-electron chi connectivity index (χ4n) is 2.53. The standard InChI is InChI=1S/C20H17FO2/c1-14-7-5-6-10-16(14)19-17(21)11-12-18(22)20(19)23-13-15-8-3-2-4-9-15/h2-12,22H,13H2,1H3. The summed E-state index contributed by atoms with van der Waals surface area (Å²) in [7, 11) is 0. The van der Waals surface area contributed by atoms with E-state index in [0.717, 1.165) is 11.1 Å². The molecule has 0 aliphatic rings. The molecule has 0 atom stereocenters. The molecule has 3 rings (SSSR count). The number of benzene rings is 3. The van der Waals surface area contributed by atoms with Gasteiger partial charge in [-0.05, 0) is 35.7 Å². The molecule has 23 heavy (non-hydrogen) atoms. The lowest BCUT2D eigenvalue weighted by molar-refractivity contribution is 0.289. The molecule has 116 valence electrons. The summed E-state index contributed by atoms with van der Waals surface area (Å²) in [6.07, 6.45) is 0. The molecule has 0 fully saturated rings. The zero-order valence-electron chi connectivity index (χ0n) is 12.8. The van der Waals surface area contributed by atoms with Crippen molar-refractivity contribution in [2.75, 3.05) is 0 Å². The van der Waals surface area contributed by atoms with Crippen LogP contribution in [0.3, 0.4) is 0 Å². The monoisotopic (exact) mass is 308 g/mol. The summed E-state index contributed by atoms with van der Waals surface area (Å²) in [5, 5.41) is 10.2. The first kappa shape index (κ1) is 15.1. The van der Waals surface area contributed by atoms with E-state index >= 15 is 0 Å². The lowest BCUT2D eigenvalue weighted by atomic mass is 9.99. The molecule has 0 saturated heterocycles. The third-order valence-corrected chi connectivity index (χ3v) is 3.73. The Morgan fingerprint density at radius 1 is 0.913 bits per heavy atom. The van der Waals surface area contributed by atoms with E-state index in [0.29, 0.717) is 11.1 Å². The van der Waals surface area contributed by atoms with Crippen molar-refractivity contribution in [2.24, 2.45) is 0 Å². The second-order valence-corrected chi connectivity index (χ2v) is 5.36. The van der Waals surface area contributed by atoms with E-state index in [9.17, 15) is 9.50 Å². The van der Waals surface area contributed by atoms with Crippen LogP contribution in [0, 0.1) is 12.7 Å². The first-order valence-electron chi connectivity index (χ1n) is 7.41. The van der Waals surface area contributed by atoms with Crippen LogP contribution >= 0.6 is 0 Å². The Balaban J connectivity index is 2.03. The molecule has 0 aliphatic heterocycles. The van der Waals surface area contributed by atoms with Crippen molar-refractivity contribution < 1.29 is 14.2 Å². The van der Waals surface area contributed by atoms with Gasteiger partial charge in [0.1, 0.15) is 12.4 Å². The maximum absolute atomic E-state index is 14.4. The van der Waals surface area contributed by atoms with Crippen molar-refractivity contribution in [1.29, 1.82) is 0 Å². The Labute approximate surface area is 134 Å². The molecule has 3 aromatic rings. The maximum atomic E-state index is 14.4. The average Bonchev–Trinajstić information content (AvgIpc) is 2.57. The summed E-state index contributed by atoms with van der Waals surface area (Å²) in [6.45, 7) is 2.16. The molecule has 0 radical (unpaired) electrons. The van der Waals surface area contributed by atoms with Gasteiger partial charge in [-0.3, -0.25) is 0 Å². The SMILES string of the molecule is Cc1ccccc1-c1c(F)ccc(O)c1OCc1ccccc1. The van der Waals surface area contributed by atoms with Gasteiger partial charge in [0.2, 0.25) is 0 Å². The third-order valence-electron chi connectivity index (χ3n) is 3.73. The summed E-state index contributed by atoms with van der Waals surface area (Å²) in [5.41, 5.74) is 2.87. The van der Waals surface area contributed by atoms with Gasteiger partial charge >= 0.3 is 0 Å². The number of rotatable bonds is 4.